The molecule has 8 heteroatoms. The largest absolute Gasteiger partial charge is 0.345 e. The van der Waals surface area contributed by atoms with Gasteiger partial charge in [0.2, 0.25) is 5.91 Å². The van der Waals surface area contributed by atoms with Crippen LogP contribution in [0.25, 0.3) is 10.2 Å². The minimum Gasteiger partial charge on any atom is -0.345 e. The van der Waals surface area contributed by atoms with Crippen LogP contribution in [0.15, 0.2) is 24.3 Å². The van der Waals surface area contributed by atoms with Crippen molar-refractivity contribution in [2.24, 2.45) is 11.7 Å². The van der Waals surface area contributed by atoms with E-state index < -0.39 is 0 Å². The Bertz CT molecular complexity index is 834. The van der Waals surface area contributed by atoms with E-state index in [2.05, 4.69) is 34.1 Å². The normalized spacial score (nSPS) is 27.0. The van der Waals surface area contributed by atoms with Gasteiger partial charge in [0.05, 0.1) is 22.1 Å². The Hall–Kier alpha value is -1.35. The van der Waals surface area contributed by atoms with Crippen LogP contribution < -0.4 is 10.6 Å². The van der Waals surface area contributed by atoms with Crippen molar-refractivity contribution in [1.29, 1.82) is 0 Å². The third-order valence-electron chi connectivity index (χ3n) is 6.98. The zero-order valence-electron chi connectivity index (χ0n) is 17.4. The first-order valence-corrected chi connectivity index (χ1v) is 13.1. The fourth-order valence-corrected chi connectivity index (χ4v) is 7.07. The predicted molar refractivity (Wildman–Crippen MR) is 126 cm³/mol. The molecule has 2 N–H and O–H groups in total. The molecule has 1 saturated carbocycles. The average molecular weight is 446 g/mol. The number of thiazole rings is 1. The van der Waals surface area contributed by atoms with Crippen molar-refractivity contribution in [3.63, 3.8) is 0 Å². The number of carbonyl (C=O) groups is 1. The first kappa shape index (κ1) is 20.5. The van der Waals surface area contributed by atoms with Gasteiger partial charge in [-0.3, -0.25) is 9.69 Å². The summed E-state index contributed by atoms with van der Waals surface area (Å²) in [6, 6.07) is 8.74. The molecule has 3 aliphatic rings. The summed E-state index contributed by atoms with van der Waals surface area (Å²) in [5, 5.41) is 1.16. The van der Waals surface area contributed by atoms with E-state index in [0.29, 0.717) is 12.0 Å². The summed E-state index contributed by atoms with van der Waals surface area (Å²) in [6.07, 6.45) is 4.50. The lowest BCUT2D eigenvalue weighted by Crippen LogP contribution is -2.53. The van der Waals surface area contributed by atoms with E-state index in [1.54, 1.807) is 11.3 Å². The van der Waals surface area contributed by atoms with Crippen LogP contribution in [0.1, 0.15) is 25.7 Å². The lowest BCUT2D eigenvalue weighted by molar-refractivity contribution is -0.132. The Labute approximate surface area is 186 Å². The van der Waals surface area contributed by atoms with Gasteiger partial charge in [0.1, 0.15) is 0 Å². The lowest BCUT2D eigenvalue weighted by Gasteiger charge is -2.42. The van der Waals surface area contributed by atoms with Crippen molar-refractivity contribution in [2.45, 2.75) is 37.8 Å². The molecule has 2 aromatic rings. The summed E-state index contributed by atoms with van der Waals surface area (Å²) in [4.78, 5) is 24.5. The highest BCUT2D eigenvalue weighted by molar-refractivity contribution is 7.99. The van der Waals surface area contributed by atoms with Crippen molar-refractivity contribution >= 4 is 44.4 Å². The average Bonchev–Trinajstić information content (AvgIpc) is 3.48. The van der Waals surface area contributed by atoms with Crippen molar-refractivity contribution in [1.82, 2.24) is 14.8 Å². The Morgan fingerprint density at radius 2 is 1.83 bits per heavy atom. The van der Waals surface area contributed by atoms with Crippen LogP contribution in [0.4, 0.5) is 5.13 Å². The number of rotatable bonds is 4. The molecule has 0 radical (unpaired) electrons. The molecule has 0 bridgehead atoms. The molecule has 1 aromatic heterocycles. The minimum absolute atomic E-state index is 0.174. The summed E-state index contributed by atoms with van der Waals surface area (Å²) in [6.45, 7) is 5.16. The van der Waals surface area contributed by atoms with Crippen LogP contribution >= 0.6 is 23.1 Å². The number of carbonyl (C=O) groups excluding carboxylic acids is 1. The van der Waals surface area contributed by atoms with Gasteiger partial charge in [-0.05, 0) is 43.7 Å². The number of aromatic nitrogens is 1. The second-order valence-corrected chi connectivity index (χ2v) is 10.8. The molecule has 2 saturated heterocycles. The number of benzene rings is 1. The Kier molecular flexibility index (Phi) is 6.18. The highest BCUT2D eigenvalue weighted by Crippen LogP contribution is 2.33. The SMILES string of the molecule is N[C@H](C(=O)N1CCSC1)C1CCC(N2CCN(c3nc4ccccc4s3)CC2)CC1. The van der Waals surface area contributed by atoms with E-state index in [1.165, 1.54) is 17.5 Å². The number of amides is 1. The Morgan fingerprint density at radius 1 is 1.07 bits per heavy atom. The fraction of sp³-hybridized carbons (Fsp3) is 0.636. The molecule has 30 heavy (non-hydrogen) atoms. The van der Waals surface area contributed by atoms with Gasteiger partial charge >= 0.3 is 0 Å². The van der Waals surface area contributed by atoms with Crippen molar-refractivity contribution in [3.05, 3.63) is 24.3 Å². The maximum atomic E-state index is 12.6. The highest BCUT2D eigenvalue weighted by atomic mass is 32.2. The topological polar surface area (TPSA) is 65.7 Å². The number of fused-ring (bicyclic) bond motifs is 1. The van der Waals surface area contributed by atoms with E-state index in [-0.39, 0.29) is 11.9 Å². The number of nitrogens with zero attached hydrogens (tertiary/aromatic N) is 4. The lowest BCUT2D eigenvalue weighted by atomic mass is 9.80. The third kappa shape index (κ3) is 4.20. The Balaban J connectivity index is 1.11. The van der Waals surface area contributed by atoms with Gasteiger partial charge in [-0.2, -0.15) is 0 Å². The standard InChI is InChI=1S/C22H31N5OS2/c23-20(21(28)27-13-14-29-15-27)16-5-7-17(8-6-16)25-9-11-26(12-10-25)22-24-18-3-1-2-4-19(18)30-22/h1-4,16-17,20H,5-15,23H2/t16?,17?,20-/m0/s1. The van der Waals surface area contributed by atoms with Crippen molar-refractivity contribution in [2.75, 3.05) is 49.3 Å². The maximum Gasteiger partial charge on any atom is 0.240 e. The van der Waals surface area contributed by atoms with Crippen LogP contribution in [0, 0.1) is 5.92 Å². The number of hydrogen-bond donors (Lipinski definition) is 1. The van der Waals surface area contributed by atoms with Crippen LogP contribution in [0.5, 0.6) is 0 Å². The van der Waals surface area contributed by atoms with Gasteiger partial charge in [0.25, 0.3) is 0 Å². The molecule has 1 aromatic carbocycles. The molecule has 1 atom stereocenters. The zero-order valence-corrected chi connectivity index (χ0v) is 19.0. The monoisotopic (exact) mass is 445 g/mol. The molecule has 2 aliphatic heterocycles. The van der Waals surface area contributed by atoms with Crippen LogP contribution in [-0.4, -0.2) is 77.1 Å². The molecule has 0 unspecified atom stereocenters. The first-order chi connectivity index (χ1) is 14.7. The van der Waals surface area contributed by atoms with E-state index in [9.17, 15) is 4.79 Å². The van der Waals surface area contributed by atoms with Crippen molar-refractivity contribution in [3.8, 4) is 0 Å². The first-order valence-electron chi connectivity index (χ1n) is 11.2. The zero-order chi connectivity index (χ0) is 20.5. The minimum atomic E-state index is -0.305. The number of piperazine rings is 1. The number of hydrogen-bond acceptors (Lipinski definition) is 7. The molecule has 0 spiro atoms. The molecule has 3 heterocycles. The second-order valence-electron chi connectivity index (χ2n) is 8.72. The van der Waals surface area contributed by atoms with Gasteiger partial charge in [-0.25, -0.2) is 4.98 Å². The molecule has 6 nitrogen and oxygen atoms in total. The number of thioether (sulfide) groups is 1. The van der Waals surface area contributed by atoms with Gasteiger partial charge < -0.3 is 15.5 Å². The molecular weight excluding hydrogens is 414 g/mol. The highest BCUT2D eigenvalue weighted by Gasteiger charge is 2.35. The van der Waals surface area contributed by atoms with E-state index in [4.69, 9.17) is 10.7 Å². The maximum absolute atomic E-state index is 12.6. The smallest absolute Gasteiger partial charge is 0.240 e. The Morgan fingerprint density at radius 3 is 2.53 bits per heavy atom. The number of anilines is 1. The molecular formula is C22H31N5OS2. The van der Waals surface area contributed by atoms with E-state index >= 15 is 0 Å². The van der Waals surface area contributed by atoms with Gasteiger partial charge in [0, 0.05) is 44.5 Å². The summed E-state index contributed by atoms with van der Waals surface area (Å²) < 4.78 is 1.27. The summed E-state index contributed by atoms with van der Waals surface area (Å²) >= 11 is 3.63. The van der Waals surface area contributed by atoms with Gasteiger partial charge in [-0.15, -0.1) is 11.8 Å². The summed E-state index contributed by atoms with van der Waals surface area (Å²) in [5.41, 5.74) is 7.49. The molecule has 3 fully saturated rings. The summed E-state index contributed by atoms with van der Waals surface area (Å²) in [5.74, 6) is 2.39. The second kappa shape index (κ2) is 9.02. The number of para-hydroxylation sites is 1. The van der Waals surface area contributed by atoms with Crippen LogP contribution in [0.3, 0.4) is 0 Å². The van der Waals surface area contributed by atoms with Crippen molar-refractivity contribution < 1.29 is 4.79 Å². The number of nitrogens with two attached hydrogens (primary N) is 1. The van der Waals surface area contributed by atoms with Crippen LogP contribution in [-0.2, 0) is 4.79 Å². The van der Waals surface area contributed by atoms with E-state index in [1.807, 2.05) is 16.7 Å². The molecule has 1 aliphatic carbocycles. The quantitative estimate of drug-likeness (QED) is 0.781. The molecule has 1 amide bonds. The van der Waals surface area contributed by atoms with E-state index in [0.717, 1.165) is 67.8 Å². The summed E-state index contributed by atoms with van der Waals surface area (Å²) in [7, 11) is 0. The predicted octanol–water partition coefficient (Wildman–Crippen LogP) is 2.84. The van der Waals surface area contributed by atoms with Gasteiger partial charge in [0.15, 0.2) is 5.13 Å². The van der Waals surface area contributed by atoms with Crippen LogP contribution in [0.2, 0.25) is 0 Å². The molecule has 5 rings (SSSR count). The fourth-order valence-electron chi connectivity index (χ4n) is 5.10. The molecule has 162 valence electrons. The van der Waals surface area contributed by atoms with Gasteiger partial charge in [-0.1, -0.05) is 23.5 Å². The third-order valence-corrected chi connectivity index (χ3v) is 9.05.